The first-order valence-electron chi connectivity index (χ1n) is 10.1. The Bertz CT molecular complexity index is 1560. The number of nitriles is 1. The highest BCUT2D eigenvalue weighted by Gasteiger charge is 2.58. The summed E-state index contributed by atoms with van der Waals surface area (Å²) in [7, 11) is 0. The number of aromatic amines is 2. The second-order valence-electron chi connectivity index (χ2n) is 7.63. The molecule has 0 aliphatic heterocycles. The molecule has 184 valence electrons. The molecule has 0 saturated carbocycles. The van der Waals surface area contributed by atoms with Crippen LogP contribution < -0.4 is 4.74 Å². The Morgan fingerprint density at radius 3 is 2.31 bits per heavy atom. The summed E-state index contributed by atoms with van der Waals surface area (Å²) in [5, 5.41) is 22.7. The number of aromatic nitrogens is 4. The molecule has 0 amide bonds. The highest BCUT2D eigenvalue weighted by Crippen LogP contribution is 2.47. The van der Waals surface area contributed by atoms with Gasteiger partial charge < -0.3 is 14.8 Å². The molecule has 2 aromatic heterocycles. The van der Waals surface area contributed by atoms with E-state index >= 15 is 8.78 Å². The van der Waals surface area contributed by atoms with E-state index in [-0.39, 0.29) is 15.3 Å². The summed E-state index contributed by atoms with van der Waals surface area (Å²) in [5.74, 6) is -6.19. The molecule has 2 heterocycles. The van der Waals surface area contributed by atoms with E-state index in [0.29, 0.717) is 17.4 Å². The van der Waals surface area contributed by atoms with Crippen molar-refractivity contribution in [1.29, 1.82) is 5.26 Å². The number of aliphatic hydroxyl groups is 1. The zero-order valence-electron chi connectivity index (χ0n) is 18.0. The van der Waals surface area contributed by atoms with E-state index in [9.17, 15) is 13.9 Å². The van der Waals surface area contributed by atoms with Crippen LogP contribution >= 0.6 is 24.4 Å². The maximum Gasteiger partial charge on any atom is 0.323 e. The fourth-order valence-corrected chi connectivity index (χ4v) is 3.94. The Morgan fingerprint density at radius 2 is 1.75 bits per heavy atom. The largest absolute Gasteiger partial charge is 0.456 e. The zero-order chi connectivity index (χ0) is 26.1. The number of rotatable bonds is 7. The fourth-order valence-electron chi connectivity index (χ4n) is 3.46. The van der Waals surface area contributed by atoms with E-state index in [1.165, 1.54) is 30.3 Å². The molecule has 3 N–H and O–H groups in total. The number of halogens is 4. The number of hydrogen-bond acceptors (Lipinski definition) is 6. The van der Waals surface area contributed by atoms with Crippen LogP contribution in [0.3, 0.4) is 0 Å². The minimum atomic E-state index is -4.21. The lowest BCUT2D eigenvalue weighted by molar-refractivity contribution is -0.207. The quantitative estimate of drug-likeness (QED) is 0.211. The molecular weight excluding hydrogens is 518 g/mol. The van der Waals surface area contributed by atoms with Crippen LogP contribution in [0.25, 0.3) is 0 Å². The standard InChI is InChI=1S/C23H15F4N5O2S2/c24-14-3-7-17(18(25)9-14)22(33,12-32-21(36)30-20(35)31-32)23(26,27)19-8-6-16(11-29-19)34-15-4-1-13(10-28)2-5-15/h1-9,11,33H,12H2,(H2,30,31,35,36). The molecule has 4 aromatic rings. The number of nitrogens with one attached hydrogen (secondary N) is 2. The second kappa shape index (κ2) is 9.65. The van der Waals surface area contributed by atoms with Gasteiger partial charge in [0.2, 0.25) is 0 Å². The number of nitrogens with zero attached hydrogens (tertiary/aromatic N) is 3. The van der Waals surface area contributed by atoms with Gasteiger partial charge in [0, 0.05) is 11.6 Å². The number of pyridine rings is 1. The molecule has 0 aliphatic rings. The predicted molar refractivity (Wildman–Crippen MR) is 124 cm³/mol. The SMILES string of the molecule is N#Cc1ccc(Oc2ccc(C(F)(F)C(O)(Cn3[nH]c(=S)[nH]c3=S)c3ccc(F)cc3F)nc2)cc1. The second-order valence-corrected chi connectivity index (χ2v) is 8.43. The van der Waals surface area contributed by atoms with Gasteiger partial charge in [-0.3, -0.25) is 14.8 Å². The average molecular weight is 534 g/mol. The minimum Gasteiger partial charge on any atom is -0.456 e. The van der Waals surface area contributed by atoms with Gasteiger partial charge in [-0.2, -0.15) is 14.0 Å². The molecule has 36 heavy (non-hydrogen) atoms. The third-order valence-electron chi connectivity index (χ3n) is 5.26. The molecule has 7 nitrogen and oxygen atoms in total. The molecule has 0 bridgehead atoms. The maximum atomic E-state index is 15.9. The maximum absolute atomic E-state index is 15.9. The number of ether oxygens (including phenoxy) is 1. The van der Waals surface area contributed by atoms with Crippen LogP contribution in [0, 0.1) is 32.5 Å². The van der Waals surface area contributed by atoms with Crippen molar-refractivity contribution < 1.29 is 27.4 Å². The Balaban J connectivity index is 1.73. The predicted octanol–water partition coefficient (Wildman–Crippen LogP) is 5.62. The number of hydrogen-bond donors (Lipinski definition) is 3. The minimum absolute atomic E-state index is 0.00678. The van der Waals surface area contributed by atoms with Crippen molar-refractivity contribution in [3.05, 3.63) is 98.8 Å². The number of benzene rings is 2. The molecule has 1 unspecified atom stereocenters. The normalized spacial score (nSPS) is 13.1. The van der Waals surface area contributed by atoms with Crippen LogP contribution in [0.15, 0.2) is 60.8 Å². The molecule has 1 atom stereocenters. The van der Waals surface area contributed by atoms with E-state index in [2.05, 4.69) is 15.1 Å². The monoisotopic (exact) mass is 533 g/mol. The topological polar surface area (TPSA) is 103 Å². The average Bonchev–Trinajstić information content (AvgIpc) is 3.15. The van der Waals surface area contributed by atoms with Crippen molar-refractivity contribution in [2.75, 3.05) is 0 Å². The first-order chi connectivity index (χ1) is 17.0. The molecule has 2 aromatic carbocycles. The van der Waals surface area contributed by atoms with Crippen molar-refractivity contribution in [3.8, 4) is 17.6 Å². The van der Waals surface area contributed by atoms with Crippen molar-refractivity contribution >= 4 is 24.4 Å². The highest BCUT2D eigenvalue weighted by molar-refractivity contribution is 7.72. The zero-order valence-corrected chi connectivity index (χ0v) is 19.6. The molecule has 0 aliphatic carbocycles. The van der Waals surface area contributed by atoms with Gasteiger partial charge in [-0.15, -0.1) is 0 Å². The Labute approximate surface area is 211 Å². The van der Waals surface area contributed by atoms with Gasteiger partial charge in [0.15, 0.2) is 15.1 Å². The van der Waals surface area contributed by atoms with E-state index in [0.717, 1.165) is 29.1 Å². The molecule has 0 saturated heterocycles. The Hall–Kier alpha value is -3.86. The molecule has 0 radical (unpaired) electrons. The summed E-state index contributed by atoms with van der Waals surface area (Å²) in [6.45, 7) is -0.973. The smallest absolute Gasteiger partial charge is 0.323 e. The summed E-state index contributed by atoms with van der Waals surface area (Å²) in [5.41, 5.74) is -4.66. The Kier molecular flexibility index (Phi) is 6.77. The van der Waals surface area contributed by atoms with Crippen LogP contribution in [0.5, 0.6) is 11.5 Å². The van der Waals surface area contributed by atoms with E-state index in [1.54, 1.807) is 0 Å². The van der Waals surface area contributed by atoms with Crippen LogP contribution in [0.4, 0.5) is 17.6 Å². The first-order valence-corrected chi connectivity index (χ1v) is 10.9. The molecule has 0 fully saturated rings. The summed E-state index contributed by atoms with van der Waals surface area (Å²) >= 11 is 9.93. The molecule has 0 spiro atoms. The van der Waals surface area contributed by atoms with Gasteiger partial charge in [0.1, 0.15) is 28.8 Å². The van der Waals surface area contributed by atoms with Gasteiger partial charge in [-0.1, -0.05) is 0 Å². The molecule has 4 rings (SSSR count). The van der Waals surface area contributed by atoms with Crippen LogP contribution in [0.2, 0.25) is 0 Å². The van der Waals surface area contributed by atoms with Crippen molar-refractivity contribution in [1.82, 2.24) is 19.7 Å². The van der Waals surface area contributed by atoms with E-state index in [4.69, 9.17) is 34.4 Å². The molecular formula is C23H15F4N5O2S2. The number of H-pyrrole nitrogens is 2. The van der Waals surface area contributed by atoms with Gasteiger partial charge in [0.05, 0.1) is 24.4 Å². The summed E-state index contributed by atoms with van der Waals surface area (Å²) in [4.78, 5) is 6.24. The van der Waals surface area contributed by atoms with E-state index < -0.39 is 41.0 Å². The van der Waals surface area contributed by atoms with Crippen LogP contribution in [0.1, 0.15) is 16.8 Å². The lowest BCUT2D eigenvalue weighted by Crippen LogP contribution is -2.48. The molecule has 13 heteroatoms. The highest BCUT2D eigenvalue weighted by atomic mass is 32.1. The number of alkyl halides is 2. The Morgan fingerprint density at radius 1 is 1.06 bits per heavy atom. The van der Waals surface area contributed by atoms with E-state index in [1.807, 2.05) is 6.07 Å². The van der Waals surface area contributed by atoms with Gasteiger partial charge in [-0.25, -0.2) is 8.78 Å². The van der Waals surface area contributed by atoms with Crippen LogP contribution in [-0.4, -0.2) is 24.9 Å². The lowest BCUT2D eigenvalue weighted by Gasteiger charge is -2.36. The lowest BCUT2D eigenvalue weighted by atomic mass is 9.84. The summed E-state index contributed by atoms with van der Waals surface area (Å²) < 4.78 is 66.3. The summed E-state index contributed by atoms with van der Waals surface area (Å²) in [6.07, 6.45) is 0.998. The summed E-state index contributed by atoms with van der Waals surface area (Å²) in [6, 6.07) is 12.0. The van der Waals surface area contributed by atoms with Crippen LogP contribution in [-0.2, 0) is 18.1 Å². The van der Waals surface area contributed by atoms with Gasteiger partial charge in [0.25, 0.3) is 0 Å². The van der Waals surface area contributed by atoms with Crippen molar-refractivity contribution in [2.45, 2.75) is 18.1 Å². The fraction of sp³-hybridized carbons (Fsp3) is 0.130. The third kappa shape index (κ3) is 4.78. The van der Waals surface area contributed by atoms with Crippen molar-refractivity contribution in [2.24, 2.45) is 0 Å². The van der Waals surface area contributed by atoms with Crippen molar-refractivity contribution in [3.63, 3.8) is 0 Å². The first kappa shape index (κ1) is 25.2. The van der Waals surface area contributed by atoms with Gasteiger partial charge in [-0.05, 0) is 73.0 Å². The third-order valence-corrected chi connectivity index (χ3v) is 5.78. The van der Waals surface area contributed by atoms with Gasteiger partial charge >= 0.3 is 5.92 Å².